The molecule has 1 heterocycles. The predicted molar refractivity (Wildman–Crippen MR) is 126 cm³/mol. The van der Waals surface area contributed by atoms with Crippen LogP contribution in [0.25, 0.3) is 10.4 Å². The van der Waals surface area contributed by atoms with Gasteiger partial charge in [-0.25, -0.2) is 8.42 Å². The van der Waals surface area contributed by atoms with E-state index in [-0.39, 0.29) is 30.3 Å². The van der Waals surface area contributed by atoms with E-state index in [4.69, 9.17) is 9.96 Å². The lowest BCUT2D eigenvalue weighted by atomic mass is 10.2. The molecule has 7 nitrogen and oxygen atoms in total. The van der Waals surface area contributed by atoms with Gasteiger partial charge in [-0.15, -0.1) is 0 Å². The van der Waals surface area contributed by atoms with Gasteiger partial charge in [-0.1, -0.05) is 86.5 Å². The number of benzene rings is 2. The first-order valence-corrected chi connectivity index (χ1v) is 14.1. The molecule has 0 aromatic heterocycles. The topological polar surface area (TPSA) is 95.4 Å². The number of rotatable bonds is 7. The van der Waals surface area contributed by atoms with Crippen LogP contribution in [0.3, 0.4) is 0 Å². The fourth-order valence-corrected chi connectivity index (χ4v) is 10.3. The Balaban J connectivity index is 2.04. The lowest BCUT2D eigenvalue weighted by molar-refractivity contribution is 0.221. The maximum absolute atomic E-state index is 12.4. The molecule has 0 radical (unpaired) electrons. The minimum atomic E-state index is -3.45. The summed E-state index contributed by atoms with van der Waals surface area (Å²) in [7, 11) is -6.22. The summed E-state index contributed by atoms with van der Waals surface area (Å²) < 4.78 is 33.1. The van der Waals surface area contributed by atoms with Crippen molar-refractivity contribution < 1.29 is 12.8 Å². The van der Waals surface area contributed by atoms with E-state index in [9.17, 15) is 8.42 Å². The Kier molecular flexibility index (Phi) is 6.93. The molecule has 3 rings (SSSR count). The van der Waals surface area contributed by atoms with E-state index >= 15 is 0 Å². The normalized spacial score (nSPS) is 20.4. The van der Waals surface area contributed by atoms with E-state index in [1.165, 1.54) is 10.6 Å². The van der Waals surface area contributed by atoms with Gasteiger partial charge in [0.15, 0.2) is 0 Å². The van der Waals surface area contributed by atoms with Crippen molar-refractivity contribution in [3.05, 3.63) is 71.1 Å². The Morgan fingerprint density at radius 3 is 2.03 bits per heavy atom. The molecule has 0 unspecified atom stereocenters. The molecule has 0 bridgehead atoms. The first-order valence-electron chi connectivity index (χ1n) is 10.4. The molecule has 2 aromatic rings. The van der Waals surface area contributed by atoms with E-state index in [1.807, 2.05) is 36.4 Å². The van der Waals surface area contributed by atoms with E-state index < -0.39 is 18.3 Å². The van der Waals surface area contributed by atoms with Crippen LogP contribution in [0, 0.1) is 0 Å². The number of azide groups is 1. The number of sulfonamides is 1. The Bertz CT molecular complexity index is 996. The summed E-state index contributed by atoms with van der Waals surface area (Å²) in [5.41, 5.74) is 8.83. The number of nitrogens with zero attached hydrogens (tertiary/aromatic N) is 4. The molecule has 0 N–H and O–H groups in total. The second-order valence-corrected chi connectivity index (χ2v) is 15.3. The van der Waals surface area contributed by atoms with Gasteiger partial charge in [-0.2, -0.15) is 4.31 Å². The van der Waals surface area contributed by atoms with Crippen molar-refractivity contribution in [1.82, 2.24) is 4.31 Å². The lowest BCUT2D eigenvalue weighted by Gasteiger charge is -2.44. The van der Waals surface area contributed by atoms with Crippen LogP contribution in [-0.2, 0) is 14.4 Å². The average Bonchev–Trinajstić information content (AvgIpc) is 3.13. The summed E-state index contributed by atoms with van der Waals surface area (Å²) in [6.07, 6.45) is 1.65. The van der Waals surface area contributed by atoms with Gasteiger partial charge in [0.05, 0.1) is 18.9 Å². The standard InChI is InChI=1S/C22H30N4O3SSi/c1-22(2,3)31(20-11-7-5-8-12-20,21-13-9-6-10-14-21)29-17-19-15-18(24-25-23)16-26(19)30(4,27)28/h5-14,18-19H,15-17H2,1-4H3/t18-,19+/m1/s1. The first kappa shape index (κ1) is 23.5. The third-order valence-electron chi connectivity index (χ3n) is 5.89. The van der Waals surface area contributed by atoms with E-state index in [0.717, 1.165) is 10.4 Å². The van der Waals surface area contributed by atoms with Crippen molar-refractivity contribution in [1.29, 1.82) is 0 Å². The molecule has 1 aliphatic heterocycles. The Labute approximate surface area is 185 Å². The van der Waals surface area contributed by atoms with Crippen LogP contribution in [0.1, 0.15) is 27.2 Å². The molecule has 9 heteroatoms. The first-order chi connectivity index (χ1) is 14.6. The van der Waals surface area contributed by atoms with Gasteiger partial charge in [0.25, 0.3) is 8.32 Å². The van der Waals surface area contributed by atoms with Crippen LogP contribution in [-0.4, -0.2) is 52.5 Å². The monoisotopic (exact) mass is 458 g/mol. The molecular formula is C22H30N4O3SSi. The Hall–Kier alpha value is -2.16. The summed E-state index contributed by atoms with van der Waals surface area (Å²) >= 11 is 0. The van der Waals surface area contributed by atoms with Crippen LogP contribution >= 0.6 is 0 Å². The van der Waals surface area contributed by atoms with Crippen LogP contribution in [0.4, 0.5) is 0 Å². The van der Waals surface area contributed by atoms with Crippen LogP contribution < -0.4 is 10.4 Å². The molecule has 166 valence electrons. The largest absolute Gasteiger partial charge is 0.406 e. The average molecular weight is 459 g/mol. The highest BCUT2D eigenvalue weighted by molar-refractivity contribution is 7.88. The summed E-state index contributed by atoms with van der Waals surface area (Å²) in [6, 6.07) is 19.7. The fraction of sp³-hybridized carbons (Fsp3) is 0.455. The summed E-state index contributed by atoms with van der Waals surface area (Å²) in [4.78, 5) is 2.88. The highest BCUT2D eigenvalue weighted by Crippen LogP contribution is 2.37. The molecule has 31 heavy (non-hydrogen) atoms. The zero-order valence-electron chi connectivity index (χ0n) is 18.5. The molecule has 2 aromatic carbocycles. The lowest BCUT2D eigenvalue weighted by Crippen LogP contribution is -2.67. The number of hydrogen-bond donors (Lipinski definition) is 0. The summed E-state index contributed by atoms with van der Waals surface area (Å²) in [5.74, 6) is 0. The molecule has 0 saturated carbocycles. The quantitative estimate of drug-likeness (QED) is 0.276. The molecule has 1 saturated heterocycles. The molecule has 1 fully saturated rings. The third kappa shape index (κ3) is 4.86. The zero-order chi connectivity index (χ0) is 22.7. The Morgan fingerprint density at radius 1 is 1.10 bits per heavy atom. The maximum Gasteiger partial charge on any atom is 0.261 e. The second kappa shape index (κ2) is 9.14. The van der Waals surface area contributed by atoms with Gasteiger partial charge in [0.2, 0.25) is 10.0 Å². The van der Waals surface area contributed by atoms with Gasteiger partial charge < -0.3 is 4.43 Å². The minimum absolute atomic E-state index is 0.192. The van der Waals surface area contributed by atoms with Gasteiger partial charge in [0.1, 0.15) is 0 Å². The highest BCUT2D eigenvalue weighted by atomic mass is 32.2. The zero-order valence-corrected chi connectivity index (χ0v) is 20.3. The van der Waals surface area contributed by atoms with E-state index in [0.29, 0.717) is 6.42 Å². The minimum Gasteiger partial charge on any atom is -0.406 e. The van der Waals surface area contributed by atoms with Gasteiger partial charge in [-0.3, -0.25) is 0 Å². The summed E-state index contributed by atoms with van der Waals surface area (Å²) in [6.45, 7) is 7.00. The van der Waals surface area contributed by atoms with Crippen molar-refractivity contribution in [3.8, 4) is 0 Å². The maximum atomic E-state index is 12.4. The molecule has 0 amide bonds. The Morgan fingerprint density at radius 2 is 1.61 bits per heavy atom. The van der Waals surface area contributed by atoms with Crippen molar-refractivity contribution in [3.63, 3.8) is 0 Å². The third-order valence-corrected chi connectivity index (χ3v) is 12.2. The van der Waals surface area contributed by atoms with E-state index in [2.05, 4.69) is 55.1 Å². The fourth-order valence-electron chi connectivity index (χ4n) is 4.56. The van der Waals surface area contributed by atoms with Gasteiger partial charge >= 0.3 is 0 Å². The molecule has 0 spiro atoms. The highest BCUT2D eigenvalue weighted by Gasteiger charge is 2.51. The van der Waals surface area contributed by atoms with E-state index in [1.54, 1.807) is 0 Å². The second-order valence-electron chi connectivity index (χ2n) is 9.06. The van der Waals surface area contributed by atoms with Gasteiger partial charge in [0, 0.05) is 17.5 Å². The van der Waals surface area contributed by atoms with Crippen molar-refractivity contribution >= 4 is 28.7 Å². The molecule has 1 aliphatic rings. The van der Waals surface area contributed by atoms with Crippen molar-refractivity contribution in [2.75, 3.05) is 19.4 Å². The number of hydrogen-bond acceptors (Lipinski definition) is 4. The van der Waals surface area contributed by atoms with Crippen LogP contribution in [0.2, 0.25) is 5.04 Å². The predicted octanol–water partition coefficient (Wildman–Crippen LogP) is 3.28. The molecule has 0 aliphatic carbocycles. The molecular weight excluding hydrogens is 428 g/mol. The smallest absolute Gasteiger partial charge is 0.261 e. The SMILES string of the molecule is CC(C)(C)[Si](OC[C@@H]1C[C@@H](N=[N+]=[N-])CN1S(C)(=O)=O)(c1ccccc1)c1ccccc1. The van der Waals surface area contributed by atoms with Crippen LogP contribution in [0.5, 0.6) is 0 Å². The van der Waals surface area contributed by atoms with Gasteiger partial charge in [-0.05, 0) is 27.4 Å². The van der Waals surface area contributed by atoms with Crippen molar-refractivity contribution in [2.24, 2.45) is 5.11 Å². The van der Waals surface area contributed by atoms with Crippen molar-refractivity contribution in [2.45, 2.75) is 44.3 Å². The van der Waals surface area contributed by atoms with Crippen LogP contribution in [0.15, 0.2) is 65.8 Å². The summed E-state index contributed by atoms with van der Waals surface area (Å²) in [5, 5.41) is 5.86. The molecule has 2 atom stereocenters.